The first kappa shape index (κ1) is 14.8. The van der Waals surface area contributed by atoms with E-state index in [1.165, 1.54) is 18.2 Å². The van der Waals surface area contributed by atoms with Gasteiger partial charge in [-0.3, -0.25) is 30.6 Å². The molecule has 0 saturated heterocycles. The van der Waals surface area contributed by atoms with Gasteiger partial charge in [0.15, 0.2) is 0 Å². The number of hydrogen-bond donors (Lipinski definition) is 2. The number of nitro groups is 1. The number of nitrogens with one attached hydrogen (secondary N) is 2. The molecular weight excluding hydrogens is 296 g/mol. The van der Waals surface area contributed by atoms with Crippen LogP contribution in [0.4, 0.5) is 17.3 Å². The second kappa shape index (κ2) is 6.26. The highest BCUT2D eigenvalue weighted by Crippen LogP contribution is 2.15. The van der Waals surface area contributed by atoms with Crippen molar-refractivity contribution in [2.24, 2.45) is 5.18 Å². The Hall–Kier alpha value is -3.56. The van der Waals surface area contributed by atoms with E-state index < -0.39 is 22.1 Å². The third-order valence-corrected chi connectivity index (χ3v) is 2.50. The van der Waals surface area contributed by atoms with E-state index in [2.05, 4.69) is 16.0 Å². The second-order valence-corrected chi connectivity index (χ2v) is 3.93. The molecule has 10 heteroatoms. The molecule has 0 spiro atoms. The van der Waals surface area contributed by atoms with Crippen molar-refractivity contribution in [2.75, 3.05) is 5.43 Å². The van der Waals surface area contributed by atoms with Crippen molar-refractivity contribution in [1.82, 2.24) is 5.43 Å². The Morgan fingerprint density at radius 3 is 2.55 bits per heavy atom. The lowest BCUT2D eigenvalue weighted by atomic mass is 10.4. The molecule has 0 aliphatic rings. The summed E-state index contributed by atoms with van der Waals surface area (Å²) in [5, 5.41) is 13.1. The van der Waals surface area contributed by atoms with Gasteiger partial charge in [-0.15, -0.1) is 4.91 Å². The van der Waals surface area contributed by atoms with Gasteiger partial charge in [-0.2, -0.15) is 0 Å². The average Bonchev–Trinajstić information content (AvgIpc) is 2.92. The topological polar surface area (TPSA) is 144 Å². The van der Waals surface area contributed by atoms with E-state index in [1.807, 2.05) is 0 Å². The molecule has 10 nitrogen and oxygen atoms in total. The van der Waals surface area contributed by atoms with Crippen molar-refractivity contribution in [3.8, 4) is 0 Å². The summed E-state index contributed by atoms with van der Waals surface area (Å²) in [5.74, 6) is -1.70. The normalized spacial score (nSPS) is 9.82. The molecule has 2 rings (SSSR count). The van der Waals surface area contributed by atoms with Crippen LogP contribution < -0.4 is 16.3 Å². The molecular formula is C12H8N4O6. The van der Waals surface area contributed by atoms with Crippen LogP contribution in [0.25, 0.3) is 0 Å². The first-order valence-corrected chi connectivity index (χ1v) is 5.79. The summed E-state index contributed by atoms with van der Waals surface area (Å²) in [6, 6.07) is 7.00. The van der Waals surface area contributed by atoms with E-state index in [0.717, 1.165) is 18.2 Å². The van der Waals surface area contributed by atoms with Crippen LogP contribution in [0, 0.1) is 15.0 Å². The van der Waals surface area contributed by atoms with Gasteiger partial charge in [0, 0.05) is 0 Å². The van der Waals surface area contributed by atoms with E-state index in [9.17, 15) is 24.6 Å². The molecule has 0 aliphatic carbocycles. The number of hydrogen-bond acceptors (Lipinski definition) is 8. The maximum Gasteiger partial charge on any atom is 0.433 e. The van der Waals surface area contributed by atoms with E-state index in [1.54, 1.807) is 0 Å². The van der Waals surface area contributed by atoms with Crippen molar-refractivity contribution in [3.63, 3.8) is 0 Å². The van der Waals surface area contributed by atoms with Crippen LogP contribution >= 0.6 is 0 Å². The standard InChI is InChI=1S/C12H8N4O6/c17-9-4-2-7(15-19)1-3-8(9)13-14-12(18)10-5-6-11(22-10)16(20)21/h1-6H,(H,13,17)(H,14,18). The Balaban J connectivity index is 2.11. The summed E-state index contributed by atoms with van der Waals surface area (Å²) in [7, 11) is 0. The van der Waals surface area contributed by atoms with E-state index in [-0.39, 0.29) is 17.1 Å². The molecule has 0 bridgehead atoms. The van der Waals surface area contributed by atoms with Crippen LogP contribution in [-0.2, 0) is 0 Å². The minimum Gasteiger partial charge on any atom is -0.395 e. The molecule has 0 fully saturated rings. The zero-order chi connectivity index (χ0) is 16.1. The van der Waals surface area contributed by atoms with Gasteiger partial charge in [0.05, 0.1) is 6.07 Å². The Morgan fingerprint density at radius 1 is 1.18 bits per heavy atom. The van der Waals surface area contributed by atoms with Gasteiger partial charge in [0.1, 0.15) is 16.3 Å². The van der Waals surface area contributed by atoms with Crippen LogP contribution in [-0.4, -0.2) is 10.8 Å². The van der Waals surface area contributed by atoms with Crippen LogP contribution in [0.1, 0.15) is 10.6 Å². The maximum atomic E-state index is 11.7. The summed E-state index contributed by atoms with van der Waals surface area (Å²) in [6.45, 7) is 0. The Kier molecular flexibility index (Phi) is 4.22. The minimum atomic E-state index is -0.812. The summed E-state index contributed by atoms with van der Waals surface area (Å²) in [4.78, 5) is 43.4. The van der Waals surface area contributed by atoms with Crippen LogP contribution in [0.3, 0.4) is 0 Å². The molecule has 0 aliphatic heterocycles. The largest absolute Gasteiger partial charge is 0.433 e. The van der Waals surface area contributed by atoms with Gasteiger partial charge in [-0.1, -0.05) is 0 Å². The summed E-state index contributed by atoms with van der Waals surface area (Å²) < 4.78 is 4.69. The van der Waals surface area contributed by atoms with E-state index in [4.69, 9.17) is 4.42 Å². The lowest BCUT2D eigenvalue weighted by Gasteiger charge is -2.04. The number of nitroso groups, excluding NO2 is 1. The fourth-order valence-electron chi connectivity index (χ4n) is 1.45. The monoisotopic (exact) mass is 304 g/mol. The second-order valence-electron chi connectivity index (χ2n) is 3.93. The molecule has 0 saturated carbocycles. The Labute approximate surface area is 121 Å². The van der Waals surface area contributed by atoms with Crippen molar-refractivity contribution in [2.45, 2.75) is 0 Å². The smallest absolute Gasteiger partial charge is 0.395 e. The number of furan rings is 1. The highest BCUT2D eigenvalue weighted by atomic mass is 16.6. The van der Waals surface area contributed by atoms with Crippen molar-refractivity contribution < 1.29 is 14.1 Å². The zero-order valence-electron chi connectivity index (χ0n) is 10.8. The van der Waals surface area contributed by atoms with Gasteiger partial charge < -0.3 is 4.42 Å². The lowest BCUT2D eigenvalue weighted by Crippen LogP contribution is -2.31. The summed E-state index contributed by atoms with van der Waals surface area (Å²) >= 11 is 0. The molecule has 0 atom stereocenters. The number of hydrazine groups is 1. The third-order valence-electron chi connectivity index (χ3n) is 2.50. The third kappa shape index (κ3) is 3.30. The molecule has 0 unspecified atom stereocenters. The van der Waals surface area contributed by atoms with Gasteiger partial charge in [-0.05, 0) is 35.5 Å². The van der Waals surface area contributed by atoms with Gasteiger partial charge in [0.25, 0.3) is 0 Å². The molecule has 1 aromatic carbocycles. The van der Waals surface area contributed by atoms with Crippen LogP contribution in [0.2, 0.25) is 0 Å². The maximum absolute atomic E-state index is 11.7. The minimum absolute atomic E-state index is 0.0238. The quantitative estimate of drug-likeness (QED) is 0.486. The van der Waals surface area contributed by atoms with Gasteiger partial charge >= 0.3 is 11.8 Å². The molecule has 22 heavy (non-hydrogen) atoms. The van der Waals surface area contributed by atoms with Crippen LogP contribution in [0.15, 0.2) is 50.8 Å². The van der Waals surface area contributed by atoms with E-state index in [0.29, 0.717) is 0 Å². The van der Waals surface area contributed by atoms with Crippen molar-refractivity contribution >= 4 is 23.2 Å². The van der Waals surface area contributed by atoms with Crippen LogP contribution in [0.5, 0.6) is 0 Å². The first-order valence-electron chi connectivity index (χ1n) is 5.79. The fourth-order valence-corrected chi connectivity index (χ4v) is 1.45. The van der Waals surface area contributed by atoms with Crippen molar-refractivity contribution in [1.29, 1.82) is 0 Å². The van der Waals surface area contributed by atoms with Gasteiger partial charge in [-0.25, -0.2) is 0 Å². The highest BCUT2D eigenvalue weighted by Gasteiger charge is 2.17. The van der Waals surface area contributed by atoms with E-state index >= 15 is 0 Å². The SMILES string of the molecule is O=Nc1ccc(NNC(=O)c2ccc([N+](=O)[O-])o2)c(=O)cc1. The Bertz CT molecular complexity index is 800. The molecule has 1 aromatic heterocycles. The average molecular weight is 304 g/mol. The van der Waals surface area contributed by atoms with Gasteiger partial charge in [0.2, 0.25) is 11.2 Å². The molecule has 1 amide bonds. The molecule has 2 aromatic rings. The zero-order valence-corrected chi connectivity index (χ0v) is 10.8. The molecule has 2 N–H and O–H groups in total. The number of amides is 1. The lowest BCUT2D eigenvalue weighted by molar-refractivity contribution is -0.402. The number of rotatable bonds is 5. The number of carbonyl (C=O) groups is 1. The predicted octanol–water partition coefficient (Wildman–Crippen LogP) is 1.70. The molecule has 0 radical (unpaired) electrons. The summed E-state index contributed by atoms with van der Waals surface area (Å²) in [5.41, 5.74) is 4.00. The first-order chi connectivity index (χ1) is 10.5. The Morgan fingerprint density at radius 2 is 1.91 bits per heavy atom. The fraction of sp³-hybridized carbons (Fsp3) is 0. The highest BCUT2D eigenvalue weighted by molar-refractivity contribution is 5.92. The number of nitrogens with zero attached hydrogens (tertiary/aromatic N) is 2. The van der Waals surface area contributed by atoms with Crippen molar-refractivity contribution in [3.05, 3.63) is 67.4 Å². The molecule has 1 heterocycles. The predicted molar refractivity (Wildman–Crippen MR) is 74.6 cm³/mol. The number of carbonyl (C=O) groups excluding carboxylic acids is 1. The molecule has 112 valence electrons. The number of anilines is 1. The summed E-state index contributed by atoms with van der Waals surface area (Å²) in [6.07, 6.45) is 0.